The molecule has 6 heteroatoms. The first-order valence-corrected chi connectivity index (χ1v) is 8.97. The number of rotatable bonds is 4. The number of fused-ring (bicyclic) bond motifs is 1. The van der Waals surface area contributed by atoms with Gasteiger partial charge in [0.2, 0.25) is 11.8 Å². The summed E-state index contributed by atoms with van der Waals surface area (Å²) in [4.78, 5) is 14.5. The second-order valence-electron chi connectivity index (χ2n) is 6.93. The first-order chi connectivity index (χ1) is 12.3. The van der Waals surface area contributed by atoms with Crippen LogP contribution in [-0.2, 0) is 16.1 Å². The van der Waals surface area contributed by atoms with Gasteiger partial charge in [-0.1, -0.05) is 31.0 Å². The lowest BCUT2D eigenvalue weighted by Gasteiger charge is -2.32. The summed E-state index contributed by atoms with van der Waals surface area (Å²) in [5, 5.41) is 8.37. The smallest absolute Gasteiger partial charge is 0.323 e. The fourth-order valence-corrected chi connectivity index (χ4v) is 4.32. The summed E-state index contributed by atoms with van der Waals surface area (Å²) in [6.45, 7) is 0.501. The summed E-state index contributed by atoms with van der Waals surface area (Å²) in [7, 11) is 1.46. The van der Waals surface area contributed by atoms with Crippen LogP contribution in [0.5, 0.6) is 0 Å². The van der Waals surface area contributed by atoms with Crippen molar-refractivity contribution >= 4 is 5.97 Å². The number of methoxy groups -OCH3 is 1. The Bertz CT molecular complexity index is 731. The SMILES string of the molecule is COC(=O)[C@@H]1C[C@@H]2CCCC[C@@H]2N1Cc1nnc(-c2ccccc2)o1. The summed E-state index contributed by atoms with van der Waals surface area (Å²) < 4.78 is 10.9. The van der Waals surface area contributed by atoms with Gasteiger partial charge in [0.15, 0.2) is 0 Å². The van der Waals surface area contributed by atoms with Crippen molar-refractivity contribution < 1.29 is 13.9 Å². The molecular formula is C19H23N3O3. The zero-order chi connectivity index (χ0) is 17.2. The molecule has 132 valence electrons. The van der Waals surface area contributed by atoms with Crippen LogP contribution in [0.3, 0.4) is 0 Å². The molecule has 2 fully saturated rings. The maximum absolute atomic E-state index is 12.3. The highest BCUT2D eigenvalue weighted by Crippen LogP contribution is 2.40. The standard InChI is InChI=1S/C19H23N3O3/c1-24-19(23)16-11-14-9-5-6-10-15(14)22(16)12-17-20-21-18(25-17)13-7-3-2-4-8-13/h2-4,7-8,14-16H,5-6,9-12H2,1H3/t14-,15-,16-/m0/s1. The topological polar surface area (TPSA) is 68.5 Å². The highest BCUT2D eigenvalue weighted by Gasteiger charge is 2.46. The van der Waals surface area contributed by atoms with E-state index in [2.05, 4.69) is 15.1 Å². The molecule has 1 saturated carbocycles. The largest absolute Gasteiger partial charge is 0.468 e. The van der Waals surface area contributed by atoms with E-state index in [1.54, 1.807) is 0 Å². The van der Waals surface area contributed by atoms with E-state index in [-0.39, 0.29) is 12.0 Å². The van der Waals surface area contributed by atoms with E-state index in [1.165, 1.54) is 26.4 Å². The number of ether oxygens (including phenoxy) is 1. The minimum absolute atomic E-state index is 0.155. The molecule has 0 unspecified atom stereocenters. The Morgan fingerprint density at radius 2 is 2.04 bits per heavy atom. The number of carbonyl (C=O) groups is 1. The van der Waals surface area contributed by atoms with Crippen molar-refractivity contribution in [1.82, 2.24) is 15.1 Å². The molecular weight excluding hydrogens is 318 g/mol. The normalized spacial score (nSPS) is 26.4. The van der Waals surface area contributed by atoms with Gasteiger partial charge in [0.1, 0.15) is 6.04 Å². The van der Waals surface area contributed by atoms with Crippen LogP contribution in [0, 0.1) is 5.92 Å². The average Bonchev–Trinajstić information content (AvgIpc) is 3.27. The number of likely N-dealkylation sites (tertiary alicyclic amines) is 1. The number of aromatic nitrogens is 2. The molecule has 1 saturated heterocycles. The Balaban J connectivity index is 1.55. The molecule has 3 atom stereocenters. The van der Waals surface area contributed by atoms with Crippen LogP contribution < -0.4 is 0 Å². The van der Waals surface area contributed by atoms with E-state index in [0.29, 0.717) is 30.3 Å². The minimum atomic E-state index is -0.204. The zero-order valence-corrected chi connectivity index (χ0v) is 14.4. The summed E-state index contributed by atoms with van der Waals surface area (Å²) in [5.74, 6) is 1.48. The number of hydrogen-bond acceptors (Lipinski definition) is 6. The van der Waals surface area contributed by atoms with Gasteiger partial charge in [-0.15, -0.1) is 10.2 Å². The lowest BCUT2D eigenvalue weighted by atomic mass is 9.85. The van der Waals surface area contributed by atoms with Gasteiger partial charge >= 0.3 is 5.97 Å². The van der Waals surface area contributed by atoms with E-state index < -0.39 is 0 Å². The molecule has 0 N–H and O–H groups in total. The monoisotopic (exact) mass is 341 g/mol. The predicted octanol–water partition coefficient (Wildman–Crippen LogP) is 3.04. The van der Waals surface area contributed by atoms with Gasteiger partial charge in [-0.3, -0.25) is 9.69 Å². The van der Waals surface area contributed by atoms with Crippen molar-refractivity contribution in [3.05, 3.63) is 36.2 Å². The number of benzene rings is 1. The molecule has 1 aliphatic carbocycles. The third kappa shape index (κ3) is 3.18. The lowest BCUT2D eigenvalue weighted by Crippen LogP contribution is -2.42. The molecule has 2 aromatic rings. The van der Waals surface area contributed by atoms with Crippen LogP contribution in [0.4, 0.5) is 0 Å². The Hall–Kier alpha value is -2.21. The summed E-state index contributed by atoms with van der Waals surface area (Å²) in [5.41, 5.74) is 0.905. The second-order valence-corrected chi connectivity index (χ2v) is 6.93. The number of carbonyl (C=O) groups excluding carboxylic acids is 1. The molecule has 2 aliphatic rings. The quantitative estimate of drug-likeness (QED) is 0.796. The van der Waals surface area contributed by atoms with Crippen LogP contribution in [-0.4, -0.2) is 40.3 Å². The molecule has 25 heavy (non-hydrogen) atoms. The van der Waals surface area contributed by atoms with E-state index in [1.807, 2.05) is 30.3 Å². The highest BCUT2D eigenvalue weighted by molar-refractivity contribution is 5.76. The van der Waals surface area contributed by atoms with Crippen molar-refractivity contribution in [2.75, 3.05) is 7.11 Å². The first-order valence-electron chi connectivity index (χ1n) is 8.97. The molecule has 0 radical (unpaired) electrons. The molecule has 0 bridgehead atoms. The Labute approximate surface area is 147 Å². The van der Waals surface area contributed by atoms with Gasteiger partial charge < -0.3 is 9.15 Å². The third-order valence-corrected chi connectivity index (χ3v) is 5.50. The lowest BCUT2D eigenvalue weighted by molar-refractivity contribution is -0.146. The number of esters is 1. The van der Waals surface area contributed by atoms with Crippen molar-refractivity contribution in [3.8, 4) is 11.5 Å². The summed E-state index contributed by atoms with van der Waals surface area (Å²) in [6.07, 6.45) is 5.65. The van der Waals surface area contributed by atoms with Crippen molar-refractivity contribution in [2.24, 2.45) is 5.92 Å². The van der Waals surface area contributed by atoms with Crippen molar-refractivity contribution in [1.29, 1.82) is 0 Å². The van der Waals surface area contributed by atoms with Crippen LogP contribution in [0.15, 0.2) is 34.7 Å². The first kappa shape index (κ1) is 16.3. The van der Waals surface area contributed by atoms with Gasteiger partial charge in [0, 0.05) is 11.6 Å². The Kier molecular flexibility index (Phi) is 4.53. The molecule has 4 rings (SSSR count). The van der Waals surface area contributed by atoms with Crippen LogP contribution in [0.2, 0.25) is 0 Å². The molecule has 6 nitrogen and oxygen atoms in total. The van der Waals surface area contributed by atoms with Gasteiger partial charge in [0.25, 0.3) is 0 Å². The highest BCUT2D eigenvalue weighted by atomic mass is 16.5. The summed E-state index contributed by atoms with van der Waals surface area (Å²) in [6, 6.07) is 9.94. The van der Waals surface area contributed by atoms with E-state index in [4.69, 9.17) is 9.15 Å². The second kappa shape index (κ2) is 6.96. The summed E-state index contributed by atoms with van der Waals surface area (Å²) >= 11 is 0. The van der Waals surface area contributed by atoms with Crippen LogP contribution >= 0.6 is 0 Å². The zero-order valence-electron chi connectivity index (χ0n) is 14.4. The van der Waals surface area contributed by atoms with Gasteiger partial charge in [-0.05, 0) is 37.3 Å². The van der Waals surface area contributed by atoms with E-state index >= 15 is 0 Å². The molecule has 1 aliphatic heterocycles. The van der Waals surface area contributed by atoms with Gasteiger partial charge in [-0.2, -0.15) is 0 Å². The molecule has 0 amide bonds. The fourth-order valence-electron chi connectivity index (χ4n) is 4.32. The van der Waals surface area contributed by atoms with Gasteiger partial charge in [-0.25, -0.2) is 0 Å². The average molecular weight is 341 g/mol. The predicted molar refractivity (Wildman–Crippen MR) is 91.4 cm³/mol. The van der Waals surface area contributed by atoms with Crippen molar-refractivity contribution in [2.45, 2.75) is 50.7 Å². The van der Waals surface area contributed by atoms with Crippen LogP contribution in [0.1, 0.15) is 38.0 Å². The maximum atomic E-state index is 12.3. The van der Waals surface area contributed by atoms with Gasteiger partial charge in [0.05, 0.1) is 13.7 Å². The Morgan fingerprint density at radius 1 is 1.24 bits per heavy atom. The maximum Gasteiger partial charge on any atom is 0.323 e. The van der Waals surface area contributed by atoms with Crippen molar-refractivity contribution in [3.63, 3.8) is 0 Å². The van der Waals surface area contributed by atoms with E-state index in [9.17, 15) is 4.79 Å². The number of nitrogens with zero attached hydrogens (tertiary/aromatic N) is 3. The van der Waals surface area contributed by atoms with E-state index in [0.717, 1.165) is 18.4 Å². The molecule has 0 spiro atoms. The molecule has 1 aromatic heterocycles. The number of hydrogen-bond donors (Lipinski definition) is 0. The molecule has 1 aromatic carbocycles. The fraction of sp³-hybridized carbons (Fsp3) is 0.526. The third-order valence-electron chi connectivity index (χ3n) is 5.50. The molecule has 2 heterocycles. The van der Waals surface area contributed by atoms with Crippen LogP contribution in [0.25, 0.3) is 11.5 Å². The Morgan fingerprint density at radius 3 is 2.84 bits per heavy atom. The minimum Gasteiger partial charge on any atom is -0.468 e.